The van der Waals surface area contributed by atoms with E-state index in [-0.39, 0.29) is 25.0 Å². The molecule has 0 aliphatic carbocycles. The van der Waals surface area contributed by atoms with E-state index in [9.17, 15) is 48.6 Å². The first-order chi connectivity index (χ1) is 30.0. The number of aromatic nitrogens is 1. The quantitative estimate of drug-likeness (QED) is 0.0456. The summed E-state index contributed by atoms with van der Waals surface area (Å²) in [6.07, 6.45) is 1.22. The summed E-state index contributed by atoms with van der Waals surface area (Å²) < 4.78 is 0. The van der Waals surface area contributed by atoms with E-state index in [1.807, 2.05) is 18.2 Å². The van der Waals surface area contributed by atoms with Crippen molar-refractivity contribution in [3.8, 4) is 5.75 Å². The molecular formula is C44H54N8O11. The summed E-state index contributed by atoms with van der Waals surface area (Å²) in [6.45, 7) is 2.30. The SMILES string of the molecule is CC[C@H](C)[C@H](NC(=O)[C@H](Cc1ccccc1)NC(=O)CNC(=O)[C@@H](N)Cc1ccc(O)cc1)C(=O)N[C@@H](Cc1c[nH]c2ccccc12)C(=O)NCC(=O)N[C@@H](CCC(=O)O)C(=O)O. The molecule has 4 rings (SSSR count). The van der Waals surface area contributed by atoms with Crippen LogP contribution in [0.1, 0.15) is 49.8 Å². The van der Waals surface area contributed by atoms with Crippen molar-refractivity contribution in [3.05, 3.63) is 102 Å². The van der Waals surface area contributed by atoms with E-state index < -0.39 is 109 Å². The van der Waals surface area contributed by atoms with Crippen molar-refractivity contribution in [3.63, 3.8) is 0 Å². The summed E-state index contributed by atoms with van der Waals surface area (Å²) in [4.78, 5) is 106. The largest absolute Gasteiger partial charge is 0.508 e. The van der Waals surface area contributed by atoms with Gasteiger partial charge in [-0.1, -0.05) is 80.9 Å². The number of nitrogens with one attached hydrogen (secondary N) is 7. The van der Waals surface area contributed by atoms with Gasteiger partial charge < -0.3 is 57.9 Å². The number of phenols is 1. The smallest absolute Gasteiger partial charge is 0.326 e. The molecule has 0 bridgehead atoms. The molecule has 6 amide bonds. The van der Waals surface area contributed by atoms with Crippen LogP contribution >= 0.6 is 0 Å². The zero-order chi connectivity index (χ0) is 46.1. The minimum atomic E-state index is -1.53. The predicted molar refractivity (Wildman–Crippen MR) is 230 cm³/mol. The number of carbonyl (C=O) groups excluding carboxylic acids is 6. The lowest BCUT2D eigenvalue weighted by Gasteiger charge is -2.28. The molecule has 0 unspecified atom stereocenters. The first kappa shape index (κ1) is 48.4. The molecule has 6 atom stereocenters. The van der Waals surface area contributed by atoms with Crippen LogP contribution in [0.15, 0.2) is 85.1 Å². The number of carboxylic acids is 2. The number of phenolic OH excluding ortho intramolecular Hbond substituents is 1. The second-order valence-corrected chi connectivity index (χ2v) is 15.1. The van der Waals surface area contributed by atoms with Gasteiger partial charge in [0.25, 0.3) is 0 Å². The van der Waals surface area contributed by atoms with E-state index in [4.69, 9.17) is 10.8 Å². The Bertz CT molecular complexity index is 2230. The van der Waals surface area contributed by atoms with Gasteiger partial charge in [0.05, 0.1) is 19.1 Å². The molecule has 0 aliphatic rings. The van der Waals surface area contributed by atoms with Crippen LogP contribution in [0.25, 0.3) is 10.9 Å². The number of benzene rings is 3. The number of aliphatic carboxylic acids is 2. The second-order valence-electron chi connectivity index (χ2n) is 15.1. The van der Waals surface area contributed by atoms with Gasteiger partial charge in [-0.05, 0) is 53.6 Å². The predicted octanol–water partition coefficient (Wildman–Crippen LogP) is 0.396. The lowest BCUT2D eigenvalue weighted by molar-refractivity contribution is -0.143. The Morgan fingerprint density at radius 2 is 1.24 bits per heavy atom. The minimum Gasteiger partial charge on any atom is -0.508 e. The number of carbonyl (C=O) groups is 8. The normalized spacial score (nSPS) is 13.8. The highest BCUT2D eigenvalue weighted by Gasteiger charge is 2.33. The van der Waals surface area contributed by atoms with Gasteiger partial charge >= 0.3 is 11.9 Å². The van der Waals surface area contributed by atoms with Crippen LogP contribution in [-0.4, -0.2) is 111 Å². The number of aromatic hydroxyl groups is 1. The molecule has 12 N–H and O–H groups in total. The van der Waals surface area contributed by atoms with Gasteiger partial charge in [-0.25, -0.2) is 4.79 Å². The third-order valence-electron chi connectivity index (χ3n) is 10.3. The topological polar surface area (TPSA) is 311 Å². The number of para-hydroxylation sites is 1. The van der Waals surface area contributed by atoms with Crippen molar-refractivity contribution in [2.24, 2.45) is 11.7 Å². The summed E-state index contributed by atoms with van der Waals surface area (Å²) in [5, 5.41) is 43.9. The van der Waals surface area contributed by atoms with Crippen LogP contribution in [0.4, 0.5) is 0 Å². The molecule has 0 saturated heterocycles. The van der Waals surface area contributed by atoms with E-state index >= 15 is 0 Å². The van der Waals surface area contributed by atoms with Gasteiger partial charge in [-0.2, -0.15) is 0 Å². The lowest BCUT2D eigenvalue weighted by atomic mass is 9.96. The van der Waals surface area contributed by atoms with E-state index in [1.165, 1.54) is 12.1 Å². The Hall–Kier alpha value is -7.28. The van der Waals surface area contributed by atoms with Crippen molar-refractivity contribution < 1.29 is 53.7 Å². The Balaban J connectivity index is 1.49. The fourth-order valence-electron chi connectivity index (χ4n) is 6.59. The van der Waals surface area contributed by atoms with Gasteiger partial charge in [0.2, 0.25) is 35.4 Å². The number of nitrogens with two attached hydrogens (primary N) is 1. The Kier molecular flexibility index (Phi) is 18.2. The lowest BCUT2D eigenvalue weighted by Crippen LogP contribution is -2.60. The van der Waals surface area contributed by atoms with Crippen molar-refractivity contribution in [2.45, 2.75) is 82.6 Å². The highest BCUT2D eigenvalue weighted by molar-refractivity contribution is 5.96. The van der Waals surface area contributed by atoms with E-state index in [0.717, 1.165) is 10.9 Å². The first-order valence-corrected chi connectivity index (χ1v) is 20.4. The highest BCUT2D eigenvalue weighted by Crippen LogP contribution is 2.20. The van der Waals surface area contributed by atoms with E-state index in [1.54, 1.807) is 68.6 Å². The Morgan fingerprint density at radius 1 is 0.651 bits per heavy atom. The first-order valence-electron chi connectivity index (χ1n) is 20.4. The maximum absolute atomic E-state index is 14.2. The van der Waals surface area contributed by atoms with Gasteiger partial charge in [-0.3, -0.25) is 33.6 Å². The van der Waals surface area contributed by atoms with Gasteiger partial charge in [0.15, 0.2) is 0 Å². The zero-order valence-corrected chi connectivity index (χ0v) is 34.9. The average molecular weight is 871 g/mol. The molecular weight excluding hydrogens is 817 g/mol. The van der Waals surface area contributed by atoms with Crippen LogP contribution in [0.2, 0.25) is 0 Å². The summed E-state index contributed by atoms with van der Waals surface area (Å²) >= 11 is 0. The maximum atomic E-state index is 14.2. The molecule has 0 fully saturated rings. The molecule has 19 nitrogen and oxygen atoms in total. The fourth-order valence-corrected chi connectivity index (χ4v) is 6.59. The number of carboxylic acid groups (broad SMARTS) is 2. The van der Waals surface area contributed by atoms with Crippen molar-refractivity contribution in [2.75, 3.05) is 13.1 Å². The molecule has 4 aromatic rings. The third kappa shape index (κ3) is 15.3. The van der Waals surface area contributed by atoms with Crippen LogP contribution in [0, 0.1) is 5.92 Å². The summed E-state index contributed by atoms with van der Waals surface area (Å²) in [5.41, 5.74) is 8.81. The summed E-state index contributed by atoms with van der Waals surface area (Å²) in [7, 11) is 0. The average Bonchev–Trinajstić information content (AvgIpc) is 3.67. The molecule has 1 aromatic heterocycles. The number of hydrogen-bond acceptors (Lipinski definition) is 10. The third-order valence-corrected chi connectivity index (χ3v) is 10.3. The Morgan fingerprint density at radius 3 is 1.87 bits per heavy atom. The second kappa shape index (κ2) is 23.6. The van der Waals surface area contributed by atoms with Crippen molar-refractivity contribution >= 4 is 58.3 Å². The van der Waals surface area contributed by atoms with Crippen LogP contribution < -0.4 is 37.6 Å². The van der Waals surface area contributed by atoms with Crippen LogP contribution in [0.3, 0.4) is 0 Å². The van der Waals surface area contributed by atoms with Gasteiger partial charge in [-0.15, -0.1) is 0 Å². The van der Waals surface area contributed by atoms with Crippen LogP contribution in [-0.2, 0) is 57.6 Å². The molecule has 0 saturated carbocycles. The summed E-state index contributed by atoms with van der Waals surface area (Å²) in [5.74, 6) is -7.69. The monoisotopic (exact) mass is 870 g/mol. The Labute approximate surface area is 363 Å². The molecule has 0 aliphatic heterocycles. The molecule has 0 spiro atoms. The van der Waals surface area contributed by atoms with E-state index in [0.29, 0.717) is 23.1 Å². The summed E-state index contributed by atoms with van der Waals surface area (Å²) in [6, 6.07) is 15.9. The number of aromatic amines is 1. The van der Waals surface area contributed by atoms with Gasteiger partial charge in [0, 0.05) is 36.4 Å². The number of hydrogen-bond donors (Lipinski definition) is 11. The molecule has 63 heavy (non-hydrogen) atoms. The number of rotatable bonds is 24. The van der Waals surface area contributed by atoms with Crippen molar-refractivity contribution in [1.29, 1.82) is 0 Å². The standard InChI is InChI=1S/C44H54N8O11/c1-3-25(2)39(52-42(60)34(20-26-9-5-4-6-10-26)50-37(55)23-47-40(58)31(45)19-27-13-15-29(53)16-14-27)43(61)51-35(21-28-22-46-32-12-8-7-11-30(28)32)41(59)48-24-36(54)49-33(44(62)63)17-18-38(56)57/h4-16,22,25,31,33-35,39,46,53H,3,17-21,23-24,45H2,1-2H3,(H,47,58)(H,48,59)(H,49,54)(H,50,55)(H,51,61)(H,52,60)(H,56,57)(H,62,63)/t25-,31-,33-,34-,35-,39-/m0/s1. The van der Waals surface area contributed by atoms with Crippen LogP contribution in [0.5, 0.6) is 5.75 Å². The van der Waals surface area contributed by atoms with E-state index in [2.05, 4.69) is 36.9 Å². The molecule has 336 valence electrons. The fraction of sp³-hybridized carbons (Fsp3) is 0.364. The number of H-pyrrole nitrogens is 1. The number of fused-ring (bicyclic) bond motifs is 1. The maximum Gasteiger partial charge on any atom is 0.326 e. The van der Waals surface area contributed by atoms with Gasteiger partial charge in [0.1, 0.15) is 29.9 Å². The molecule has 3 aromatic carbocycles. The zero-order valence-electron chi connectivity index (χ0n) is 34.9. The molecule has 1 heterocycles. The number of amides is 6. The molecule has 19 heteroatoms. The highest BCUT2D eigenvalue weighted by atomic mass is 16.4. The molecule has 0 radical (unpaired) electrons. The minimum absolute atomic E-state index is 0.00821. The van der Waals surface area contributed by atoms with Crippen molar-refractivity contribution in [1.82, 2.24) is 36.9 Å².